The summed E-state index contributed by atoms with van der Waals surface area (Å²) in [5, 5.41) is 8.68. The van der Waals surface area contributed by atoms with Crippen LogP contribution in [0.25, 0.3) is 0 Å². The number of rotatable bonds is 2. The van der Waals surface area contributed by atoms with Crippen LogP contribution in [-0.4, -0.2) is 16.4 Å². The highest BCUT2D eigenvalue weighted by Gasteiger charge is 2.12. The summed E-state index contributed by atoms with van der Waals surface area (Å²) >= 11 is 3.27. The first-order chi connectivity index (χ1) is 10.0. The lowest BCUT2D eigenvalue weighted by Crippen LogP contribution is -2.42. The molecule has 1 aromatic carbocycles. The summed E-state index contributed by atoms with van der Waals surface area (Å²) < 4.78 is 2.40. The van der Waals surface area contributed by atoms with Gasteiger partial charge >= 0.3 is 0 Å². The predicted octanol–water partition coefficient (Wildman–Crippen LogP) is 1.73. The number of hydrogen-bond acceptors (Lipinski definition) is 3. The molecule has 6 nitrogen and oxygen atoms in total. The Bertz CT molecular complexity index is 728. The lowest BCUT2D eigenvalue weighted by molar-refractivity contribution is 0.0842. The van der Waals surface area contributed by atoms with Gasteiger partial charge in [0.05, 0.1) is 11.6 Å². The lowest BCUT2D eigenvalue weighted by Gasteiger charge is -2.07. The van der Waals surface area contributed by atoms with Crippen molar-refractivity contribution in [3.8, 4) is 6.07 Å². The van der Waals surface area contributed by atoms with E-state index in [0.29, 0.717) is 16.8 Å². The molecule has 0 saturated carbocycles. The average Bonchev–Trinajstić information content (AvgIpc) is 2.83. The normalized spacial score (nSPS) is 9.76. The Morgan fingerprint density at radius 1 is 1.19 bits per heavy atom. The largest absolute Gasteiger partial charge is 0.345 e. The molecule has 0 aliphatic rings. The van der Waals surface area contributed by atoms with E-state index in [9.17, 15) is 9.59 Å². The lowest BCUT2D eigenvalue weighted by atomic mass is 10.1. The summed E-state index contributed by atoms with van der Waals surface area (Å²) in [7, 11) is 1.72. The number of hydrazine groups is 1. The fourth-order valence-electron chi connectivity index (χ4n) is 1.70. The van der Waals surface area contributed by atoms with Crippen LogP contribution >= 0.6 is 15.9 Å². The van der Waals surface area contributed by atoms with Gasteiger partial charge in [0.25, 0.3) is 11.8 Å². The zero-order valence-corrected chi connectivity index (χ0v) is 12.6. The van der Waals surface area contributed by atoms with Crippen LogP contribution in [0.3, 0.4) is 0 Å². The molecule has 0 saturated heterocycles. The summed E-state index contributed by atoms with van der Waals surface area (Å²) in [6.45, 7) is 0. The number of nitriles is 1. The maximum atomic E-state index is 11.9. The van der Waals surface area contributed by atoms with Gasteiger partial charge in [0.1, 0.15) is 5.69 Å². The third-order valence-corrected chi connectivity index (χ3v) is 3.20. The Morgan fingerprint density at radius 2 is 1.81 bits per heavy atom. The molecule has 2 rings (SSSR count). The van der Waals surface area contributed by atoms with Crippen molar-refractivity contribution >= 4 is 27.7 Å². The molecule has 0 fully saturated rings. The molecule has 7 heteroatoms. The SMILES string of the molecule is Cn1cc(Br)cc1C(=O)NNC(=O)c1ccc(C#N)cc1. The van der Waals surface area contributed by atoms with Crippen LogP contribution in [-0.2, 0) is 7.05 Å². The highest BCUT2D eigenvalue weighted by molar-refractivity contribution is 9.10. The topological polar surface area (TPSA) is 86.9 Å². The van der Waals surface area contributed by atoms with Gasteiger partial charge in [-0.25, -0.2) is 0 Å². The molecular weight excluding hydrogens is 336 g/mol. The van der Waals surface area contributed by atoms with Crippen LogP contribution in [0.15, 0.2) is 41.0 Å². The Kier molecular flexibility index (Phi) is 4.40. The summed E-state index contributed by atoms with van der Waals surface area (Å²) in [6.07, 6.45) is 1.73. The molecule has 2 N–H and O–H groups in total. The molecular formula is C14H11BrN4O2. The fraction of sp³-hybridized carbons (Fsp3) is 0.0714. The molecule has 0 spiro atoms. The molecule has 21 heavy (non-hydrogen) atoms. The number of benzene rings is 1. The number of halogens is 1. The molecule has 0 atom stereocenters. The van der Waals surface area contributed by atoms with Crippen LogP contribution in [0.1, 0.15) is 26.4 Å². The first-order valence-electron chi connectivity index (χ1n) is 5.94. The van der Waals surface area contributed by atoms with E-state index in [-0.39, 0.29) is 0 Å². The van der Waals surface area contributed by atoms with E-state index in [4.69, 9.17) is 5.26 Å². The Hall–Kier alpha value is -2.59. The smallest absolute Gasteiger partial charge is 0.286 e. The second kappa shape index (κ2) is 6.24. The van der Waals surface area contributed by atoms with Crippen LogP contribution in [0.2, 0.25) is 0 Å². The second-order valence-corrected chi connectivity index (χ2v) is 5.17. The number of aryl methyl sites for hydroxylation is 1. The number of nitrogens with zero attached hydrogens (tertiary/aromatic N) is 2. The zero-order chi connectivity index (χ0) is 15.4. The van der Waals surface area contributed by atoms with Gasteiger partial charge < -0.3 is 4.57 Å². The van der Waals surface area contributed by atoms with E-state index in [1.54, 1.807) is 23.9 Å². The number of carbonyl (C=O) groups is 2. The Labute approximate surface area is 129 Å². The molecule has 0 aliphatic heterocycles. The van der Waals surface area contributed by atoms with E-state index < -0.39 is 11.8 Å². The summed E-state index contributed by atoms with van der Waals surface area (Å²) in [5.41, 5.74) is 5.87. The number of carbonyl (C=O) groups excluding carboxylic acids is 2. The monoisotopic (exact) mass is 346 g/mol. The van der Waals surface area contributed by atoms with Crippen molar-refractivity contribution in [1.29, 1.82) is 5.26 Å². The molecule has 0 radical (unpaired) electrons. The zero-order valence-electron chi connectivity index (χ0n) is 11.1. The number of amides is 2. The van der Waals surface area contributed by atoms with Gasteiger partial charge in [-0.05, 0) is 46.3 Å². The quantitative estimate of drug-likeness (QED) is 0.812. The minimum atomic E-state index is -0.457. The number of aromatic nitrogens is 1. The van der Waals surface area contributed by atoms with Gasteiger partial charge in [0.2, 0.25) is 0 Å². The summed E-state index contributed by atoms with van der Waals surface area (Å²) in [4.78, 5) is 23.7. The van der Waals surface area contributed by atoms with Crippen molar-refractivity contribution in [2.45, 2.75) is 0 Å². The molecule has 2 aromatic rings. The molecule has 0 unspecified atom stereocenters. The van der Waals surface area contributed by atoms with Crippen LogP contribution in [0.5, 0.6) is 0 Å². The maximum Gasteiger partial charge on any atom is 0.286 e. The first-order valence-corrected chi connectivity index (χ1v) is 6.73. The maximum absolute atomic E-state index is 11.9. The third-order valence-electron chi connectivity index (χ3n) is 2.77. The van der Waals surface area contributed by atoms with E-state index in [0.717, 1.165) is 4.47 Å². The highest BCUT2D eigenvalue weighted by atomic mass is 79.9. The van der Waals surface area contributed by atoms with Gasteiger partial charge in [-0.1, -0.05) is 0 Å². The van der Waals surface area contributed by atoms with Gasteiger partial charge in [-0.2, -0.15) is 5.26 Å². The van der Waals surface area contributed by atoms with Crippen LogP contribution < -0.4 is 10.9 Å². The number of nitrogens with one attached hydrogen (secondary N) is 2. The minimum absolute atomic E-state index is 0.349. The van der Waals surface area contributed by atoms with Crippen molar-refractivity contribution in [1.82, 2.24) is 15.4 Å². The van der Waals surface area contributed by atoms with Crippen molar-refractivity contribution in [3.05, 3.63) is 57.8 Å². The van der Waals surface area contributed by atoms with Crippen molar-refractivity contribution in [2.24, 2.45) is 7.05 Å². The minimum Gasteiger partial charge on any atom is -0.345 e. The molecule has 1 aromatic heterocycles. The number of hydrogen-bond donors (Lipinski definition) is 2. The van der Waals surface area contributed by atoms with E-state index in [2.05, 4.69) is 26.8 Å². The van der Waals surface area contributed by atoms with Gasteiger partial charge in [-0.3, -0.25) is 20.4 Å². The Morgan fingerprint density at radius 3 is 2.33 bits per heavy atom. The summed E-state index contributed by atoms with van der Waals surface area (Å²) in [5.74, 6) is -0.883. The van der Waals surface area contributed by atoms with Crippen molar-refractivity contribution in [2.75, 3.05) is 0 Å². The van der Waals surface area contributed by atoms with E-state index >= 15 is 0 Å². The third kappa shape index (κ3) is 3.49. The predicted molar refractivity (Wildman–Crippen MR) is 79.2 cm³/mol. The van der Waals surface area contributed by atoms with Gasteiger partial charge in [-0.15, -0.1) is 0 Å². The highest BCUT2D eigenvalue weighted by Crippen LogP contribution is 2.13. The Balaban J connectivity index is 1.99. The second-order valence-electron chi connectivity index (χ2n) is 4.25. The first kappa shape index (κ1) is 14.8. The van der Waals surface area contributed by atoms with Crippen LogP contribution in [0, 0.1) is 11.3 Å². The molecule has 2 amide bonds. The van der Waals surface area contributed by atoms with Gasteiger partial charge in [0, 0.05) is 23.3 Å². The molecule has 0 bridgehead atoms. The fourth-order valence-corrected chi connectivity index (χ4v) is 2.22. The van der Waals surface area contributed by atoms with Crippen LogP contribution in [0.4, 0.5) is 0 Å². The van der Waals surface area contributed by atoms with Crippen molar-refractivity contribution < 1.29 is 9.59 Å². The standard InChI is InChI=1S/C14H11BrN4O2/c1-19-8-11(15)6-12(19)14(21)18-17-13(20)10-4-2-9(7-16)3-5-10/h2-6,8H,1H3,(H,17,20)(H,18,21). The molecule has 0 aliphatic carbocycles. The van der Waals surface area contributed by atoms with Crippen molar-refractivity contribution in [3.63, 3.8) is 0 Å². The molecule has 1 heterocycles. The van der Waals surface area contributed by atoms with E-state index in [1.807, 2.05) is 6.07 Å². The average molecular weight is 347 g/mol. The van der Waals surface area contributed by atoms with Gasteiger partial charge in [0.15, 0.2) is 0 Å². The molecule has 106 valence electrons. The summed E-state index contributed by atoms with van der Waals surface area (Å²) in [6, 6.07) is 9.70. The van der Waals surface area contributed by atoms with E-state index in [1.165, 1.54) is 24.3 Å².